The number of ether oxygens (including phenoxy) is 2. The van der Waals surface area contributed by atoms with E-state index in [4.69, 9.17) is 9.47 Å². The normalized spacial score (nSPS) is 15.6. The molecule has 0 unspecified atom stereocenters. The van der Waals surface area contributed by atoms with E-state index in [0.29, 0.717) is 26.1 Å². The van der Waals surface area contributed by atoms with E-state index in [1.807, 2.05) is 0 Å². The Morgan fingerprint density at radius 3 is 2.33 bits per heavy atom. The largest absolute Gasteiger partial charge is 0.490 e. The van der Waals surface area contributed by atoms with Gasteiger partial charge in [-0.2, -0.15) is 26.3 Å². The summed E-state index contributed by atoms with van der Waals surface area (Å²) in [4.78, 5) is 12.2. The van der Waals surface area contributed by atoms with Crippen molar-refractivity contribution in [1.29, 1.82) is 0 Å². The fourth-order valence-corrected chi connectivity index (χ4v) is 4.63. The fraction of sp³-hybridized carbons (Fsp3) is 0.435. The lowest BCUT2D eigenvalue weighted by atomic mass is 10.0. The van der Waals surface area contributed by atoms with Gasteiger partial charge in [-0.05, 0) is 29.8 Å². The minimum atomic E-state index is -4.77. The molecular formula is C23H23F6NO5S. The highest BCUT2D eigenvalue weighted by Gasteiger charge is 2.31. The van der Waals surface area contributed by atoms with Crippen molar-refractivity contribution in [2.75, 3.05) is 19.8 Å². The number of benzene rings is 2. The summed E-state index contributed by atoms with van der Waals surface area (Å²) in [6.07, 6.45) is -9.36. The van der Waals surface area contributed by atoms with Crippen molar-refractivity contribution in [3.05, 3.63) is 59.2 Å². The Labute approximate surface area is 203 Å². The molecule has 0 bridgehead atoms. The van der Waals surface area contributed by atoms with Gasteiger partial charge in [0.2, 0.25) is 10.0 Å². The molecule has 0 aliphatic carbocycles. The number of carbonyl (C=O) groups excluding carboxylic acids is 1. The van der Waals surface area contributed by atoms with Gasteiger partial charge in [0.1, 0.15) is 24.2 Å². The van der Waals surface area contributed by atoms with Crippen molar-refractivity contribution in [2.24, 2.45) is 0 Å². The number of alkyl halides is 6. The Morgan fingerprint density at radius 1 is 1.00 bits per heavy atom. The molecule has 1 N–H and O–H groups in total. The number of rotatable bonds is 9. The Kier molecular flexibility index (Phi) is 8.67. The van der Waals surface area contributed by atoms with Crippen LogP contribution in [0.1, 0.15) is 29.5 Å². The van der Waals surface area contributed by atoms with Crippen molar-refractivity contribution in [2.45, 2.75) is 49.0 Å². The molecule has 1 aliphatic heterocycles. The van der Waals surface area contributed by atoms with Crippen molar-refractivity contribution >= 4 is 15.8 Å². The maximum Gasteiger partial charge on any atom is 0.416 e. The van der Waals surface area contributed by atoms with Crippen LogP contribution in [0.4, 0.5) is 26.3 Å². The van der Waals surface area contributed by atoms with Gasteiger partial charge in [-0.15, -0.1) is 0 Å². The SMILES string of the molecule is O=C(Cc1cccc(C(F)(F)F)c1)Cc1cc(S(=O)(=O)NCC(F)(F)F)ccc1OC1CCOCC1. The molecule has 0 radical (unpaired) electrons. The van der Waals surface area contributed by atoms with E-state index in [1.54, 1.807) is 0 Å². The average Bonchev–Trinajstić information content (AvgIpc) is 2.79. The monoisotopic (exact) mass is 539 g/mol. The van der Waals surface area contributed by atoms with Crippen LogP contribution in [0.3, 0.4) is 0 Å². The van der Waals surface area contributed by atoms with E-state index in [2.05, 4.69) is 0 Å². The zero-order chi connectivity index (χ0) is 26.6. The van der Waals surface area contributed by atoms with Crippen molar-refractivity contribution in [3.8, 4) is 5.75 Å². The van der Waals surface area contributed by atoms with Crippen LogP contribution in [0, 0.1) is 0 Å². The van der Waals surface area contributed by atoms with Crippen LogP contribution in [-0.4, -0.2) is 46.2 Å². The highest BCUT2D eigenvalue weighted by atomic mass is 32.2. The third-order valence-electron chi connectivity index (χ3n) is 5.31. The Hall–Kier alpha value is -2.64. The molecule has 0 atom stereocenters. The van der Waals surface area contributed by atoms with E-state index in [0.717, 1.165) is 24.3 Å². The molecule has 1 fully saturated rings. The molecule has 0 amide bonds. The van der Waals surface area contributed by atoms with Crippen LogP contribution in [-0.2, 0) is 38.6 Å². The van der Waals surface area contributed by atoms with Crippen LogP contribution in [0.15, 0.2) is 47.4 Å². The number of hydrogen-bond acceptors (Lipinski definition) is 5. The molecule has 13 heteroatoms. The summed E-state index contributed by atoms with van der Waals surface area (Å²) in [5.74, 6) is -0.377. The second-order valence-corrected chi connectivity index (χ2v) is 10.00. The maximum atomic E-state index is 13.0. The molecule has 1 saturated heterocycles. The summed E-state index contributed by atoms with van der Waals surface area (Å²) in [5, 5.41) is 0. The van der Waals surface area contributed by atoms with Gasteiger partial charge in [0, 0.05) is 31.2 Å². The van der Waals surface area contributed by atoms with Crippen LogP contribution in [0.5, 0.6) is 5.75 Å². The van der Waals surface area contributed by atoms with E-state index in [9.17, 15) is 39.6 Å². The third-order valence-corrected chi connectivity index (χ3v) is 6.71. The summed E-state index contributed by atoms with van der Waals surface area (Å²) in [5.41, 5.74) is -0.717. The molecule has 0 saturated carbocycles. The van der Waals surface area contributed by atoms with Crippen LogP contribution >= 0.6 is 0 Å². The predicted octanol–water partition coefficient (Wildman–Crippen LogP) is 4.46. The van der Waals surface area contributed by atoms with Crippen molar-refractivity contribution in [1.82, 2.24) is 4.72 Å². The van der Waals surface area contributed by atoms with Gasteiger partial charge in [0.25, 0.3) is 0 Å². The second-order valence-electron chi connectivity index (χ2n) is 8.23. The quantitative estimate of drug-likeness (QED) is 0.476. The van der Waals surface area contributed by atoms with Crippen LogP contribution in [0.25, 0.3) is 0 Å². The molecule has 198 valence electrons. The number of hydrogen-bond donors (Lipinski definition) is 1. The summed E-state index contributed by atoms with van der Waals surface area (Å²) in [6.45, 7) is -0.913. The highest BCUT2D eigenvalue weighted by Crippen LogP contribution is 2.30. The van der Waals surface area contributed by atoms with E-state index >= 15 is 0 Å². The molecule has 6 nitrogen and oxygen atoms in total. The molecule has 3 rings (SSSR count). The first-order chi connectivity index (χ1) is 16.7. The lowest BCUT2D eigenvalue weighted by molar-refractivity contribution is -0.137. The number of ketones is 1. The Balaban J connectivity index is 1.85. The molecule has 0 aromatic heterocycles. The standard InChI is InChI=1S/C23H23F6NO5S/c24-22(25,26)14-30-36(32,33)20-4-5-21(35-19-6-8-34-9-7-19)16(13-20)12-18(31)11-15-2-1-3-17(10-15)23(27,28)29/h1-5,10,13,19,30H,6-9,11-12,14H2. The minimum Gasteiger partial charge on any atom is -0.490 e. The molecule has 1 heterocycles. The van der Waals surface area contributed by atoms with Gasteiger partial charge in [-0.1, -0.05) is 18.2 Å². The first kappa shape index (κ1) is 27.9. The number of sulfonamides is 1. The van der Waals surface area contributed by atoms with Gasteiger partial charge in [0.05, 0.1) is 23.7 Å². The van der Waals surface area contributed by atoms with E-state index in [-0.39, 0.29) is 29.4 Å². The summed E-state index contributed by atoms with van der Waals surface area (Å²) < 4.78 is 114. The van der Waals surface area contributed by atoms with Crippen LogP contribution < -0.4 is 9.46 Å². The summed E-state index contributed by atoms with van der Waals surface area (Å²) in [6, 6.07) is 7.60. The molecule has 2 aromatic rings. The topological polar surface area (TPSA) is 81.7 Å². The zero-order valence-corrected chi connectivity index (χ0v) is 19.6. The highest BCUT2D eigenvalue weighted by molar-refractivity contribution is 7.89. The first-order valence-corrected chi connectivity index (χ1v) is 12.3. The summed E-state index contributed by atoms with van der Waals surface area (Å²) in [7, 11) is -4.56. The lowest BCUT2D eigenvalue weighted by Gasteiger charge is -2.25. The van der Waals surface area contributed by atoms with Crippen molar-refractivity contribution in [3.63, 3.8) is 0 Å². The smallest absolute Gasteiger partial charge is 0.416 e. The fourth-order valence-electron chi connectivity index (χ4n) is 3.57. The number of halogens is 6. The van der Waals surface area contributed by atoms with Crippen molar-refractivity contribution < 1.29 is 49.0 Å². The Morgan fingerprint density at radius 2 is 1.69 bits per heavy atom. The predicted molar refractivity (Wildman–Crippen MR) is 116 cm³/mol. The maximum absolute atomic E-state index is 13.0. The minimum absolute atomic E-state index is 0.0911. The molecule has 2 aromatic carbocycles. The molecule has 1 aliphatic rings. The number of carbonyl (C=O) groups is 1. The number of Topliss-reactive ketones (excluding diaryl/α,β-unsaturated/α-hetero) is 1. The third kappa shape index (κ3) is 8.20. The van der Waals surface area contributed by atoms with E-state index < -0.39 is 51.6 Å². The first-order valence-electron chi connectivity index (χ1n) is 10.8. The zero-order valence-electron chi connectivity index (χ0n) is 18.8. The number of nitrogens with one attached hydrogen (secondary N) is 1. The van der Waals surface area contributed by atoms with Gasteiger partial charge >= 0.3 is 12.4 Å². The Bertz CT molecular complexity index is 1170. The van der Waals surface area contributed by atoms with Gasteiger partial charge in [0.15, 0.2) is 0 Å². The van der Waals surface area contributed by atoms with Crippen LogP contribution in [0.2, 0.25) is 0 Å². The average molecular weight is 539 g/mol. The molecule has 36 heavy (non-hydrogen) atoms. The molecular weight excluding hydrogens is 516 g/mol. The van der Waals surface area contributed by atoms with Gasteiger partial charge in [-0.25, -0.2) is 13.1 Å². The van der Waals surface area contributed by atoms with Gasteiger partial charge in [-0.3, -0.25) is 4.79 Å². The second kappa shape index (κ2) is 11.2. The summed E-state index contributed by atoms with van der Waals surface area (Å²) >= 11 is 0. The van der Waals surface area contributed by atoms with E-state index in [1.165, 1.54) is 22.9 Å². The van der Waals surface area contributed by atoms with Gasteiger partial charge < -0.3 is 9.47 Å². The lowest BCUT2D eigenvalue weighted by Crippen LogP contribution is -2.33. The molecule has 0 spiro atoms.